The van der Waals surface area contributed by atoms with Crippen LogP contribution in [0.15, 0.2) is 42.7 Å². The summed E-state index contributed by atoms with van der Waals surface area (Å²) in [5, 5.41) is 4.27. The Hall–Kier alpha value is -2.43. The average molecular weight is 281 g/mol. The summed E-state index contributed by atoms with van der Waals surface area (Å²) in [5.74, 6) is -0.302. The number of benzene rings is 1. The van der Waals surface area contributed by atoms with Gasteiger partial charge >= 0.3 is 0 Å². The molecule has 1 aliphatic heterocycles. The molecule has 21 heavy (non-hydrogen) atoms. The predicted molar refractivity (Wildman–Crippen MR) is 75.8 cm³/mol. The summed E-state index contributed by atoms with van der Waals surface area (Å²) in [4.78, 5) is 26.4. The third-order valence-corrected chi connectivity index (χ3v) is 4.47. The van der Waals surface area contributed by atoms with Crippen molar-refractivity contribution >= 4 is 11.8 Å². The van der Waals surface area contributed by atoms with Crippen LogP contribution in [0.5, 0.6) is 0 Å². The molecule has 1 aromatic heterocycles. The van der Waals surface area contributed by atoms with Crippen LogP contribution < -0.4 is 0 Å². The summed E-state index contributed by atoms with van der Waals surface area (Å²) in [5.41, 5.74) is 1.06. The van der Waals surface area contributed by atoms with Gasteiger partial charge in [0.2, 0.25) is 0 Å². The SMILES string of the molecule is O=C1c2ccccc2C(=O)N1C1CCC(n2cccn2)C1. The van der Waals surface area contributed by atoms with Crippen molar-refractivity contribution < 1.29 is 9.59 Å². The van der Waals surface area contributed by atoms with Crippen molar-refractivity contribution in [1.29, 1.82) is 0 Å². The second kappa shape index (κ2) is 4.55. The minimum absolute atomic E-state index is 0.0217. The number of aromatic nitrogens is 2. The summed E-state index contributed by atoms with van der Waals surface area (Å²) in [6.45, 7) is 0. The molecular weight excluding hydrogens is 266 g/mol. The zero-order valence-electron chi connectivity index (χ0n) is 11.5. The summed E-state index contributed by atoms with van der Waals surface area (Å²) >= 11 is 0. The Morgan fingerprint density at radius 2 is 1.62 bits per heavy atom. The highest BCUT2D eigenvalue weighted by molar-refractivity contribution is 6.21. The molecule has 2 aliphatic rings. The number of rotatable bonds is 2. The van der Waals surface area contributed by atoms with E-state index in [1.807, 2.05) is 16.9 Å². The lowest BCUT2D eigenvalue weighted by Gasteiger charge is -2.22. The van der Waals surface area contributed by atoms with E-state index in [1.165, 1.54) is 4.90 Å². The Kier molecular flexibility index (Phi) is 2.67. The maximum Gasteiger partial charge on any atom is 0.261 e. The lowest BCUT2D eigenvalue weighted by molar-refractivity contribution is 0.0584. The van der Waals surface area contributed by atoms with E-state index in [4.69, 9.17) is 0 Å². The first-order valence-corrected chi connectivity index (χ1v) is 7.22. The van der Waals surface area contributed by atoms with E-state index in [0.717, 1.165) is 19.3 Å². The molecule has 5 heteroatoms. The highest BCUT2D eigenvalue weighted by atomic mass is 16.2. The molecule has 1 saturated carbocycles. The van der Waals surface area contributed by atoms with E-state index in [1.54, 1.807) is 30.5 Å². The summed E-state index contributed by atoms with van der Waals surface area (Å²) in [7, 11) is 0. The fraction of sp³-hybridized carbons (Fsp3) is 0.312. The van der Waals surface area contributed by atoms with Gasteiger partial charge in [-0.1, -0.05) is 12.1 Å². The molecule has 0 spiro atoms. The Labute approximate surface area is 122 Å². The molecule has 1 aromatic carbocycles. The number of hydrogen-bond donors (Lipinski definition) is 0. The number of fused-ring (bicyclic) bond motifs is 1. The third-order valence-electron chi connectivity index (χ3n) is 4.47. The molecule has 2 heterocycles. The fourth-order valence-corrected chi connectivity index (χ4v) is 3.45. The molecule has 2 unspecified atom stereocenters. The largest absolute Gasteiger partial charge is 0.271 e. The van der Waals surface area contributed by atoms with Crippen LogP contribution >= 0.6 is 0 Å². The molecule has 4 rings (SSSR count). The molecule has 1 fully saturated rings. The maximum atomic E-state index is 12.5. The molecule has 0 saturated heterocycles. The number of carbonyl (C=O) groups is 2. The van der Waals surface area contributed by atoms with Crippen LogP contribution in [-0.2, 0) is 0 Å². The standard InChI is InChI=1S/C16H15N3O2/c20-15-13-4-1-2-5-14(13)16(21)19(15)12-7-6-11(10-12)18-9-3-8-17-18/h1-5,8-9,11-12H,6-7,10H2. The van der Waals surface area contributed by atoms with E-state index >= 15 is 0 Å². The van der Waals surface area contributed by atoms with E-state index in [9.17, 15) is 9.59 Å². The van der Waals surface area contributed by atoms with Crippen LogP contribution in [0.2, 0.25) is 0 Å². The molecular formula is C16H15N3O2. The highest BCUT2D eigenvalue weighted by Crippen LogP contribution is 2.36. The fourth-order valence-electron chi connectivity index (χ4n) is 3.45. The molecule has 2 aromatic rings. The molecule has 0 radical (unpaired) electrons. The Bertz CT molecular complexity index is 673. The molecule has 0 bridgehead atoms. The van der Waals surface area contributed by atoms with Gasteiger partial charge in [-0.05, 0) is 37.5 Å². The van der Waals surface area contributed by atoms with Gasteiger partial charge in [0.05, 0.1) is 17.2 Å². The van der Waals surface area contributed by atoms with Gasteiger partial charge in [-0.15, -0.1) is 0 Å². The molecule has 2 atom stereocenters. The number of carbonyl (C=O) groups excluding carboxylic acids is 2. The van der Waals surface area contributed by atoms with Crippen LogP contribution in [-0.4, -0.2) is 32.5 Å². The van der Waals surface area contributed by atoms with Gasteiger partial charge in [-0.3, -0.25) is 19.2 Å². The third kappa shape index (κ3) is 1.81. The maximum absolute atomic E-state index is 12.5. The van der Waals surface area contributed by atoms with Gasteiger partial charge in [0.15, 0.2) is 0 Å². The Balaban J connectivity index is 1.59. The van der Waals surface area contributed by atoms with Gasteiger partial charge in [0.1, 0.15) is 0 Å². The number of imide groups is 1. The van der Waals surface area contributed by atoms with E-state index < -0.39 is 0 Å². The van der Waals surface area contributed by atoms with Crippen molar-refractivity contribution in [2.75, 3.05) is 0 Å². The lowest BCUT2D eigenvalue weighted by Crippen LogP contribution is -2.38. The second-order valence-electron chi connectivity index (χ2n) is 5.63. The van der Waals surface area contributed by atoms with Crippen molar-refractivity contribution in [2.45, 2.75) is 31.3 Å². The zero-order chi connectivity index (χ0) is 14.4. The Morgan fingerprint density at radius 3 is 2.24 bits per heavy atom. The highest BCUT2D eigenvalue weighted by Gasteiger charge is 2.42. The van der Waals surface area contributed by atoms with Crippen LogP contribution in [0.1, 0.15) is 46.0 Å². The first-order valence-electron chi connectivity index (χ1n) is 7.22. The van der Waals surface area contributed by atoms with E-state index in [2.05, 4.69) is 5.10 Å². The summed E-state index contributed by atoms with van der Waals surface area (Å²) in [6, 6.07) is 9.21. The van der Waals surface area contributed by atoms with Crippen LogP contribution in [0.25, 0.3) is 0 Å². The van der Waals surface area contributed by atoms with Crippen molar-refractivity contribution in [3.05, 3.63) is 53.9 Å². The zero-order valence-corrected chi connectivity index (χ0v) is 11.5. The second-order valence-corrected chi connectivity index (χ2v) is 5.63. The van der Waals surface area contributed by atoms with Gasteiger partial charge in [-0.25, -0.2) is 0 Å². The van der Waals surface area contributed by atoms with Crippen molar-refractivity contribution in [3.63, 3.8) is 0 Å². The monoisotopic (exact) mass is 281 g/mol. The van der Waals surface area contributed by atoms with Crippen LogP contribution in [0, 0.1) is 0 Å². The van der Waals surface area contributed by atoms with Crippen molar-refractivity contribution in [3.8, 4) is 0 Å². The Morgan fingerprint density at radius 1 is 0.952 bits per heavy atom. The van der Waals surface area contributed by atoms with Gasteiger partial charge < -0.3 is 0 Å². The van der Waals surface area contributed by atoms with Crippen molar-refractivity contribution in [1.82, 2.24) is 14.7 Å². The topological polar surface area (TPSA) is 55.2 Å². The molecule has 5 nitrogen and oxygen atoms in total. The van der Waals surface area contributed by atoms with Gasteiger partial charge in [-0.2, -0.15) is 5.10 Å². The first kappa shape index (κ1) is 12.3. The van der Waals surface area contributed by atoms with Crippen LogP contribution in [0.3, 0.4) is 0 Å². The summed E-state index contributed by atoms with van der Waals surface area (Å²) in [6.07, 6.45) is 6.27. The molecule has 0 N–H and O–H groups in total. The lowest BCUT2D eigenvalue weighted by atomic mass is 10.1. The molecule has 2 amide bonds. The molecule has 106 valence electrons. The number of amides is 2. The molecule has 1 aliphatic carbocycles. The summed E-state index contributed by atoms with van der Waals surface area (Å²) < 4.78 is 1.93. The first-order chi connectivity index (χ1) is 10.3. The van der Waals surface area contributed by atoms with Gasteiger partial charge in [0, 0.05) is 18.4 Å². The minimum Gasteiger partial charge on any atom is -0.271 e. The van der Waals surface area contributed by atoms with E-state index in [0.29, 0.717) is 11.1 Å². The van der Waals surface area contributed by atoms with Crippen LogP contribution in [0.4, 0.5) is 0 Å². The smallest absolute Gasteiger partial charge is 0.261 e. The number of nitrogens with zero attached hydrogens (tertiary/aromatic N) is 3. The average Bonchev–Trinajstić information content (AvgIpc) is 3.21. The number of hydrogen-bond acceptors (Lipinski definition) is 3. The predicted octanol–water partition coefficient (Wildman–Crippen LogP) is 2.27. The van der Waals surface area contributed by atoms with Gasteiger partial charge in [0.25, 0.3) is 11.8 Å². The quantitative estimate of drug-likeness (QED) is 0.793. The van der Waals surface area contributed by atoms with Crippen molar-refractivity contribution in [2.24, 2.45) is 0 Å². The van der Waals surface area contributed by atoms with E-state index in [-0.39, 0.29) is 23.9 Å². The normalized spacial score (nSPS) is 24.7. The minimum atomic E-state index is -0.151.